The summed E-state index contributed by atoms with van der Waals surface area (Å²) in [6.07, 6.45) is 6.33. The maximum atomic E-state index is 14.2. The Morgan fingerprint density at radius 2 is 1.55 bits per heavy atom. The molecule has 0 heterocycles. The van der Waals surface area contributed by atoms with Gasteiger partial charge in [-0.25, -0.2) is 0 Å². The van der Waals surface area contributed by atoms with E-state index in [1.807, 2.05) is 13.8 Å². The molecule has 1 unspecified atom stereocenters. The van der Waals surface area contributed by atoms with Gasteiger partial charge in [0.25, 0.3) is 5.91 Å². The van der Waals surface area contributed by atoms with Crippen LogP contribution < -0.4 is 16.4 Å². The van der Waals surface area contributed by atoms with Gasteiger partial charge >= 0.3 is 11.9 Å². The second-order valence-electron chi connectivity index (χ2n) is 22.9. The molecule has 12 heteroatoms. The van der Waals surface area contributed by atoms with E-state index in [0.29, 0.717) is 35.3 Å². The minimum absolute atomic E-state index is 0.00473. The van der Waals surface area contributed by atoms with Crippen molar-refractivity contribution in [3.05, 3.63) is 46.0 Å². The smallest absolute Gasteiger partial charge is 0.309 e. The van der Waals surface area contributed by atoms with Gasteiger partial charge in [-0.05, 0) is 140 Å². The van der Waals surface area contributed by atoms with E-state index in [4.69, 9.17) is 22.1 Å². The zero-order chi connectivity index (χ0) is 45.7. The van der Waals surface area contributed by atoms with Gasteiger partial charge in [-0.1, -0.05) is 79.5 Å². The number of nitrogens with one attached hydrogen (secondary N) is 2. The van der Waals surface area contributed by atoms with Crippen LogP contribution in [0.5, 0.6) is 0 Å². The number of Topliss-reactive ketones (excluding diaryl/α,β-unsaturated/α-hetero) is 1. The highest BCUT2D eigenvalue weighted by atomic mass is 35.5. The average Bonchev–Trinajstić information content (AvgIpc) is 3.50. The highest BCUT2D eigenvalue weighted by Crippen LogP contribution is 2.77. The van der Waals surface area contributed by atoms with Gasteiger partial charge in [0.2, 0.25) is 5.91 Å². The number of halogens is 1. The molecule has 11 nitrogen and oxygen atoms in total. The minimum atomic E-state index is -1.46. The van der Waals surface area contributed by atoms with Crippen LogP contribution in [-0.2, 0) is 23.9 Å². The fourth-order valence-corrected chi connectivity index (χ4v) is 15.1. The van der Waals surface area contributed by atoms with Gasteiger partial charge in [0.05, 0.1) is 17.9 Å². The van der Waals surface area contributed by atoms with E-state index < -0.39 is 52.1 Å². The molecule has 0 radical (unpaired) electrons. The Hall–Kier alpha value is -3.28. The van der Waals surface area contributed by atoms with Gasteiger partial charge in [-0.15, -0.1) is 0 Å². The van der Waals surface area contributed by atoms with Crippen molar-refractivity contribution in [2.75, 3.05) is 13.1 Å². The lowest BCUT2D eigenvalue weighted by Crippen LogP contribution is -2.66. The van der Waals surface area contributed by atoms with Crippen LogP contribution in [0.1, 0.15) is 144 Å². The number of rotatable bonds is 11. The number of carboxylic acid groups (broad SMARTS) is 1. The van der Waals surface area contributed by atoms with Crippen molar-refractivity contribution >= 4 is 41.1 Å². The summed E-state index contributed by atoms with van der Waals surface area (Å²) in [4.78, 5) is 66.7. The van der Waals surface area contributed by atoms with E-state index in [-0.39, 0.29) is 70.9 Å². The van der Waals surface area contributed by atoms with Crippen LogP contribution in [0.25, 0.3) is 0 Å². The zero-order valence-corrected chi connectivity index (χ0v) is 39.5. The molecule has 0 aliphatic heterocycles. The van der Waals surface area contributed by atoms with E-state index in [2.05, 4.69) is 59.1 Å². The molecule has 0 aromatic heterocycles. The molecule has 5 saturated carbocycles. The lowest BCUT2D eigenvalue weighted by atomic mass is 9.33. The van der Waals surface area contributed by atoms with E-state index >= 15 is 0 Å². The lowest BCUT2D eigenvalue weighted by molar-refractivity contribution is -0.238. The molecular weight excluding hydrogens is 806 g/mol. The summed E-state index contributed by atoms with van der Waals surface area (Å²) in [5, 5.41) is 28.2. The van der Waals surface area contributed by atoms with Crippen LogP contribution >= 0.6 is 11.6 Å². The Kier molecular flexibility index (Phi) is 11.8. The summed E-state index contributed by atoms with van der Waals surface area (Å²) in [7, 11) is 0. The average molecular weight is 879 g/mol. The largest absolute Gasteiger partial charge is 0.481 e. The Morgan fingerprint density at radius 1 is 0.887 bits per heavy atom. The summed E-state index contributed by atoms with van der Waals surface area (Å²) in [5.74, 6) is -2.18. The van der Waals surface area contributed by atoms with E-state index in [0.717, 1.165) is 56.1 Å². The molecule has 7 rings (SSSR count). The van der Waals surface area contributed by atoms with Crippen molar-refractivity contribution in [2.45, 2.75) is 151 Å². The predicted molar refractivity (Wildman–Crippen MR) is 238 cm³/mol. The number of carboxylic acids is 1. The maximum absolute atomic E-state index is 14.2. The van der Waals surface area contributed by atoms with Gasteiger partial charge in [-0.3, -0.25) is 24.0 Å². The van der Waals surface area contributed by atoms with E-state index in [1.54, 1.807) is 31.2 Å². The van der Waals surface area contributed by atoms with Gasteiger partial charge in [-0.2, -0.15) is 0 Å². The number of carbonyl (C=O) groups is 5. The Bertz CT molecular complexity index is 2050. The van der Waals surface area contributed by atoms with Crippen LogP contribution in [0.2, 0.25) is 5.02 Å². The summed E-state index contributed by atoms with van der Waals surface area (Å²) in [6.45, 7) is 21.2. The van der Waals surface area contributed by atoms with Crippen LogP contribution in [0.4, 0.5) is 0 Å². The maximum Gasteiger partial charge on any atom is 0.309 e. The van der Waals surface area contributed by atoms with Gasteiger partial charge in [0, 0.05) is 40.9 Å². The number of fused-ring (bicyclic) bond motifs is 7. The topological polar surface area (TPSA) is 185 Å². The SMILES string of the molecule is CC(C)C1=C2[C@H]3CC[C@@H]4[C@@]5(C)CC[C@H](OC(=O)[C@H]6C[C@@H](C(=O)O)C6(C)C)C(C)(C)[C@@H]5CC[C@@]4(C)[C@]3(C)CC[C@@]2([C@@H](O)CNC(=O)C(C)(CN)NC(=O)c2ccc(Cl)cc2)CC1=O. The third kappa shape index (κ3) is 6.90. The summed E-state index contributed by atoms with van der Waals surface area (Å²) in [5.41, 5.74) is 5.00. The number of aliphatic hydroxyl groups is 1. The summed E-state index contributed by atoms with van der Waals surface area (Å²) in [6, 6.07) is 6.35. The predicted octanol–water partition coefficient (Wildman–Crippen LogP) is 7.90. The Labute approximate surface area is 373 Å². The number of hydrogen-bond donors (Lipinski definition) is 5. The molecule has 6 aliphatic carbocycles. The fourth-order valence-electron chi connectivity index (χ4n) is 14.9. The molecule has 342 valence electrons. The number of aliphatic carboxylic acids is 1. The first-order valence-corrected chi connectivity index (χ1v) is 23.6. The summed E-state index contributed by atoms with van der Waals surface area (Å²) >= 11 is 6.01. The first-order valence-electron chi connectivity index (χ1n) is 23.2. The number of ether oxygens (including phenoxy) is 1. The number of esters is 1. The van der Waals surface area contributed by atoms with Gasteiger partial charge in [0.1, 0.15) is 11.6 Å². The number of aliphatic hydroxyl groups excluding tert-OH is 1. The van der Waals surface area contributed by atoms with Crippen LogP contribution in [0.15, 0.2) is 35.4 Å². The molecule has 1 aromatic carbocycles. The number of allylic oxidation sites excluding steroid dienone is 1. The number of hydrogen-bond acceptors (Lipinski definition) is 8. The highest BCUT2D eigenvalue weighted by molar-refractivity contribution is 6.30. The van der Waals surface area contributed by atoms with Crippen molar-refractivity contribution in [3.63, 3.8) is 0 Å². The number of benzene rings is 1. The van der Waals surface area contributed by atoms with Crippen molar-refractivity contribution < 1.29 is 38.9 Å². The van der Waals surface area contributed by atoms with Crippen LogP contribution in [0, 0.1) is 68.0 Å². The number of amides is 2. The molecule has 1 aromatic rings. The minimum Gasteiger partial charge on any atom is -0.481 e. The molecule has 12 atom stereocenters. The number of ketones is 1. The van der Waals surface area contributed by atoms with Crippen molar-refractivity contribution in [1.29, 1.82) is 0 Å². The molecule has 0 spiro atoms. The quantitative estimate of drug-likeness (QED) is 0.138. The molecule has 5 fully saturated rings. The second-order valence-corrected chi connectivity index (χ2v) is 23.3. The molecule has 0 saturated heterocycles. The lowest BCUT2D eigenvalue weighted by Gasteiger charge is -2.72. The van der Waals surface area contributed by atoms with E-state index in [1.165, 1.54) is 0 Å². The van der Waals surface area contributed by atoms with Crippen LogP contribution in [-0.4, -0.2) is 70.6 Å². The first kappa shape index (κ1) is 46.7. The highest BCUT2D eigenvalue weighted by Gasteiger charge is 2.71. The molecule has 0 bridgehead atoms. The molecule has 2 amide bonds. The number of carbonyl (C=O) groups excluding carboxylic acids is 4. The molecule has 62 heavy (non-hydrogen) atoms. The molecule has 6 N–H and O–H groups in total. The van der Waals surface area contributed by atoms with Crippen molar-refractivity contribution in [1.82, 2.24) is 10.6 Å². The molecule has 6 aliphatic rings. The Morgan fingerprint density at radius 3 is 2.15 bits per heavy atom. The first-order chi connectivity index (χ1) is 28.7. The van der Waals surface area contributed by atoms with Gasteiger partial charge in [0.15, 0.2) is 5.78 Å². The normalized spacial score (nSPS) is 38.3. The van der Waals surface area contributed by atoms with Crippen LogP contribution in [0.3, 0.4) is 0 Å². The second kappa shape index (κ2) is 15.7. The zero-order valence-electron chi connectivity index (χ0n) is 38.7. The monoisotopic (exact) mass is 878 g/mol. The fraction of sp³-hybridized carbons (Fsp3) is 0.740. The van der Waals surface area contributed by atoms with Crippen molar-refractivity contribution in [3.8, 4) is 0 Å². The van der Waals surface area contributed by atoms with E-state index in [9.17, 15) is 34.2 Å². The standard InChI is InChI=1S/C50H72ClN3O8/c1-27(2)38-33(55)24-50(36(56)25-53-43(61)49(10,26-52)54-40(57)28-11-13-29(51)14-12-28)22-21-47(8)30(39(38)50)15-16-35-46(7)19-18-37(45(5,6)34(46)17-20-48(35,47)9)62-42(60)32-23-31(41(58)59)44(32,3)4/h11-14,27,30-32,34-37,56H,15-26,52H2,1-10H3,(H,53,61)(H,54,57)(H,58,59)/t30-,31+,32-,34+,35-,36+,37+,46+,47-,48-,49?,50+/m1/s1. The Balaban J connectivity index is 1.10. The number of nitrogens with two attached hydrogens (primary N) is 1. The third-order valence-corrected chi connectivity index (χ3v) is 19.3. The van der Waals surface area contributed by atoms with Crippen molar-refractivity contribution in [2.24, 2.45) is 73.7 Å². The third-order valence-electron chi connectivity index (χ3n) is 19.0. The summed E-state index contributed by atoms with van der Waals surface area (Å²) < 4.78 is 6.41. The molecular formula is C50H72ClN3O8. The van der Waals surface area contributed by atoms with Gasteiger partial charge < -0.3 is 31.3 Å².